The van der Waals surface area contributed by atoms with Crippen LogP contribution in [-0.4, -0.2) is 29.2 Å². The predicted molar refractivity (Wildman–Crippen MR) is 69.5 cm³/mol. The van der Waals surface area contributed by atoms with Gasteiger partial charge in [-0.25, -0.2) is 0 Å². The molecule has 0 saturated heterocycles. The summed E-state index contributed by atoms with van der Waals surface area (Å²) >= 11 is 0. The Balaban J connectivity index is 3.26. The molecule has 110 valence electrons. The predicted octanol–water partition coefficient (Wildman–Crippen LogP) is 0.738. The van der Waals surface area contributed by atoms with Crippen LogP contribution < -0.4 is 15.2 Å². The first-order valence-corrected chi connectivity index (χ1v) is 5.86. The van der Waals surface area contributed by atoms with Crippen LogP contribution in [-0.2, 0) is 11.4 Å². The molecule has 0 saturated carbocycles. The number of aliphatic hydroxyl groups excluding tert-OH is 1. The zero-order valence-electron chi connectivity index (χ0n) is 11.2. The normalized spacial score (nSPS) is 11.8. The SMILES string of the molecule is CCC(Oc1cc([N+](=O)[O-])c(CO)cc1OC)C(N)=O. The van der Waals surface area contributed by atoms with Gasteiger partial charge in [0.05, 0.1) is 30.3 Å². The Morgan fingerprint density at radius 3 is 2.55 bits per heavy atom. The van der Waals surface area contributed by atoms with E-state index in [-0.39, 0.29) is 22.7 Å². The van der Waals surface area contributed by atoms with Gasteiger partial charge in [-0.2, -0.15) is 0 Å². The third kappa shape index (κ3) is 3.35. The van der Waals surface area contributed by atoms with Crippen LogP contribution in [0.4, 0.5) is 5.69 Å². The number of carbonyl (C=O) groups excluding carboxylic acids is 1. The molecule has 1 aromatic rings. The number of primary amides is 1. The Hall–Kier alpha value is -2.35. The van der Waals surface area contributed by atoms with Crippen LogP contribution in [0.15, 0.2) is 12.1 Å². The number of carbonyl (C=O) groups is 1. The van der Waals surface area contributed by atoms with Crippen molar-refractivity contribution in [3.8, 4) is 11.5 Å². The number of amides is 1. The maximum atomic E-state index is 11.2. The van der Waals surface area contributed by atoms with E-state index in [1.54, 1.807) is 6.92 Å². The zero-order valence-corrected chi connectivity index (χ0v) is 11.2. The average molecular weight is 284 g/mol. The molecule has 0 heterocycles. The second-order valence-corrected chi connectivity index (χ2v) is 3.96. The molecule has 20 heavy (non-hydrogen) atoms. The maximum absolute atomic E-state index is 11.2. The van der Waals surface area contributed by atoms with Gasteiger partial charge in [0.15, 0.2) is 17.6 Å². The van der Waals surface area contributed by atoms with Gasteiger partial charge >= 0.3 is 0 Å². The molecule has 1 unspecified atom stereocenters. The lowest BCUT2D eigenvalue weighted by molar-refractivity contribution is -0.386. The van der Waals surface area contributed by atoms with Gasteiger partial charge in [0.1, 0.15) is 0 Å². The number of aliphatic hydroxyl groups is 1. The van der Waals surface area contributed by atoms with Crippen molar-refractivity contribution in [3.05, 3.63) is 27.8 Å². The largest absolute Gasteiger partial charge is 0.493 e. The highest BCUT2D eigenvalue weighted by Crippen LogP contribution is 2.35. The summed E-state index contributed by atoms with van der Waals surface area (Å²) < 4.78 is 10.4. The van der Waals surface area contributed by atoms with Crippen molar-refractivity contribution in [2.24, 2.45) is 5.73 Å². The Morgan fingerprint density at radius 2 is 2.15 bits per heavy atom. The Kier molecular flexibility index (Phi) is 5.27. The third-order valence-corrected chi connectivity index (χ3v) is 2.69. The summed E-state index contributed by atoms with van der Waals surface area (Å²) in [6.07, 6.45) is -0.600. The van der Waals surface area contributed by atoms with Gasteiger partial charge in [0.25, 0.3) is 11.6 Å². The van der Waals surface area contributed by atoms with Gasteiger partial charge in [-0.1, -0.05) is 6.92 Å². The lowest BCUT2D eigenvalue weighted by Gasteiger charge is -2.17. The number of benzene rings is 1. The molecule has 0 radical (unpaired) electrons. The molecule has 1 aromatic carbocycles. The lowest BCUT2D eigenvalue weighted by atomic mass is 10.1. The fourth-order valence-electron chi connectivity index (χ4n) is 1.64. The fourth-order valence-corrected chi connectivity index (χ4v) is 1.64. The molecule has 0 fully saturated rings. The fraction of sp³-hybridized carbons (Fsp3) is 0.417. The van der Waals surface area contributed by atoms with Crippen LogP contribution in [0.5, 0.6) is 11.5 Å². The van der Waals surface area contributed by atoms with E-state index >= 15 is 0 Å². The number of nitro benzene ring substituents is 1. The van der Waals surface area contributed by atoms with Gasteiger partial charge in [-0.15, -0.1) is 0 Å². The minimum absolute atomic E-state index is 0.0297. The van der Waals surface area contributed by atoms with E-state index in [1.807, 2.05) is 0 Å². The first-order chi connectivity index (χ1) is 9.44. The molecule has 0 bridgehead atoms. The summed E-state index contributed by atoms with van der Waals surface area (Å²) in [5, 5.41) is 20.0. The number of nitrogens with zero attached hydrogens (tertiary/aromatic N) is 1. The number of hydrogen-bond donors (Lipinski definition) is 2. The highest BCUT2D eigenvalue weighted by Gasteiger charge is 2.22. The van der Waals surface area contributed by atoms with Crippen molar-refractivity contribution in [2.75, 3.05) is 7.11 Å². The molecule has 1 rings (SSSR count). The summed E-state index contributed by atoms with van der Waals surface area (Å²) in [5.74, 6) is -0.468. The van der Waals surface area contributed by atoms with E-state index in [1.165, 1.54) is 13.2 Å². The van der Waals surface area contributed by atoms with E-state index in [0.29, 0.717) is 6.42 Å². The van der Waals surface area contributed by atoms with Crippen LogP contribution in [0.1, 0.15) is 18.9 Å². The van der Waals surface area contributed by atoms with Gasteiger partial charge in [0, 0.05) is 0 Å². The first kappa shape index (κ1) is 15.7. The minimum atomic E-state index is -0.913. The van der Waals surface area contributed by atoms with E-state index in [4.69, 9.17) is 20.3 Å². The topological polar surface area (TPSA) is 125 Å². The standard InChI is InChI=1S/C12H16N2O6/c1-3-9(12(13)16)20-11-5-8(14(17)18)7(6-15)4-10(11)19-2/h4-5,9,15H,3,6H2,1-2H3,(H2,13,16). The van der Waals surface area contributed by atoms with Crippen molar-refractivity contribution < 1.29 is 24.3 Å². The molecule has 8 heteroatoms. The van der Waals surface area contributed by atoms with Crippen molar-refractivity contribution in [1.82, 2.24) is 0 Å². The van der Waals surface area contributed by atoms with Crippen LogP contribution in [0.2, 0.25) is 0 Å². The number of rotatable bonds is 7. The van der Waals surface area contributed by atoms with E-state index in [0.717, 1.165) is 6.07 Å². The second-order valence-electron chi connectivity index (χ2n) is 3.96. The zero-order chi connectivity index (χ0) is 15.3. The highest BCUT2D eigenvalue weighted by molar-refractivity contribution is 5.79. The molecule has 1 amide bonds. The average Bonchev–Trinajstić information content (AvgIpc) is 2.43. The monoisotopic (exact) mass is 284 g/mol. The number of nitrogens with two attached hydrogens (primary N) is 1. The Labute approximate surface area is 115 Å². The second kappa shape index (κ2) is 6.71. The number of methoxy groups -OCH3 is 1. The summed E-state index contributed by atoms with van der Waals surface area (Å²) in [6.45, 7) is 1.18. The molecule has 0 aliphatic carbocycles. The van der Waals surface area contributed by atoms with Crippen molar-refractivity contribution in [1.29, 1.82) is 0 Å². The van der Waals surface area contributed by atoms with E-state index in [9.17, 15) is 14.9 Å². The third-order valence-electron chi connectivity index (χ3n) is 2.69. The van der Waals surface area contributed by atoms with Gasteiger partial charge < -0.3 is 20.3 Å². The summed E-state index contributed by atoms with van der Waals surface area (Å²) in [6, 6.07) is 2.40. The molecule has 1 atom stereocenters. The van der Waals surface area contributed by atoms with Gasteiger partial charge in [0.2, 0.25) is 0 Å². The molecule has 0 aromatic heterocycles. The summed E-state index contributed by atoms with van der Waals surface area (Å²) in [5.41, 5.74) is 4.93. The highest BCUT2D eigenvalue weighted by atomic mass is 16.6. The number of hydrogen-bond acceptors (Lipinski definition) is 6. The summed E-state index contributed by atoms with van der Waals surface area (Å²) in [7, 11) is 1.35. The van der Waals surface area contributed by atoms with Crippen molar-refractivity contribution in [2.45, 2.75) is 26.1 Å². The summed E-state index contributed by atoms with van der Waals surface area (Å²) in [4.78, 5) is 21.4. The lowest BCUT2D eigenvalue weighted by Crippen LogP contribution is -2.33. The van der Waals surface area contributed by atoms with Gasteiger partial charge in [-0.3, -0.25) is 14.9 Å². The van der Waals surface area contributed by atoms with Crippen LogP contribution in [0.25, 0.3) is 0 Å². The smallest absolute Gasteiger partial charge is 0.278 e. The van der Waals surface area contributed by atoms with Gasteiger partial charge in [-0.05, 0) is 12.5 Å². The van der Waals surface area contributed by atoms with Crippen LogP contribution in [0, 0.1) is 10.1 Å². The maximum Gasteiger partial charge on any atom is 0.278 e. The number of ether oxygens (including phenoxy) is 2. The van der Waals surface area contributed by atoms with Crippen LogP contribution in [0.3, 0.4) is 0 Å². The van der Waals surface area contributed by atoms with Crippen molar-refractivity contribution >= 4 is 11.6 Å². The Morgan fingerprint density at radius 1 is 1.50 bits per heavy atom. The molecular weight excluding hydrogens is 268 g/mol. The quantitative estimate of drug-likeness (QED) is 0.562. The number of nitro groups is 1. The van der Waals surface area contributed by atoms with E-state index < -0.39 is 23.5 Å². The molecule has 0 aliphatic heterocycles. The molecule has 0 spiro atoms. The molecule has 3 N–H and O–H groups in total. The molecular formula is C12H16N2O6. The Bertz CT molecular complexity index is 517. The molecule has 0 aliphatic rings. The molecule has 8 nitrogen and oxygen atoms in total. The van der Waals surface area contributed by atoms with Crippen molar-refractivity contribution in [3.63, 3.8) is 0 Å². The van der Waals surface area contributed by atoms with Crippen LogP contribution >= 0.6 is 0 Å². The first-order valence-electron chi connectivity index (χ1n) is 5.86. The van der Waals surface area contributed by atoms with E-state index in [2.05, 4.69) is 0 Å². The minimum Gasteiger partial charge on any atom is -0.493 e.